The van der Waals surface area contributed by atoms with E-state index in [9.17, 15) is 24.0 Å². The maximum atomic E-state index is 14.4. The summed E-state index contributed by atoms with van der Waals surface area (Å²) >= 11 is 0. The van der Waals surface area contributed by atoms with E-state index >= 15 is 0 Å². The van der Waals surface area contributed by atoms with Crippen molar-refractivity contribution in [1.82, 2.24) is 10.2 Å². The van der Waals surface area contributed by atoms with E-state index in [1.54, 1.807) is 6.92 Å². The third kappa shape index (κ3) is 8.84. The third-order valence-electron chi connectivity index (χ3n) is 9.25. The predicted octanol–water partition coefficient (Wildman–Crippen LogP) is 3.36. The Morgan fingerprint density at radius 3 is 2.46 bits per heavy atom. The quantitative estimate of drug-likeness (QED) is 0.261. The third-order valence-corrected chi connectivity index (χ3v) is 9.25. The molecule has 1 N–H and O–H groups in total. The van der Waals surface area contributed by atoms with E-state index in [2.05, 4.69) is 10.5 Å². The van der Waals surface area contributed by atoms with Gasteiger partial charge in [-0.05, 0) is 43.4 Å². The molecular weight excluding hydrogens is 598 g/mol. The summed E-state index contributed by atoms with van der Waals surface area (Å²) < 4.78 is 21.6. The molecule has 13 heteroatoms. The second kappa shape index (κ2) is 15.2. The van der Waals surface area contributed by atoms with Crippen LogP contribution in [0.2, 0.25) is 0 Å². The highest BCUT2D eigenvalue weighted by Gasteiger charge is 2.56. The van der Waals surface area contributed by atoms with E-state index in [0.29, 0.717) is 31.8 Å². The number of rotatable bonds is 15. The van der Waals surface area contributed by atoms with Crippen molar-refractivity contribution < 1.29 is 47.8 Å². The number of Topliss-reactive ketones (excluding diaryl/α,β-unsaturated/α-hetero) is 2. The van der Waals surface area contributed by atoms with Crippen LogP contribution in [-0.4, -0.2) is 104 Å². The van der Waals surface area contributed by atoms with Crippen molar-refractivity contribution in [2.45, 2.75) is 122 Å². The standard InChI is InChI=1S/C33H51N3O10/c1-7-9-21(27(42-6)26(38)14-20-10-11-20)15-25(37)24-17-33(16-23(35-46-33)30(40)44-8-2)19-36(24)29(39)28(32(3,4)5)34-31(41)45-22-12-13-43-18-22/h20-22,24,27-28H,7-19H2,1-6H3,(H,34,41)/t21-,22+,24+,27?,28-,33-/m1/s1. The molecule has 4 rings (SSSR count). The molecule has 6 atom stereocenters. The summed E-state index contributed by atoms with van der Waals surface area (Å²) in [6.07, 6.45) is 2.72. The first-order valence-electron chi connectivity index (χ1n) is 16.7. The van der Waals surface area contributed by atoms with Gasteiger partial charge in [0.2, 0.25) is 5.91 Å². The number of hydrogen-bond acceptors (Lipinski definition) is 11. The molecule has 2 amide bonds. The van der Waals surface area contributed by atoms with E-state index in [1.807, 2.05) is 27.7 Å². The molecule has 1 unspecified atom stereocenters. The van der Waals surface area contributed by atoms with Gasteiger partial charge in [0.1, 0.15) is 18.2 Å². The topological polar surface area (TPSA) is 159 Å². The number of amides is 2. The molecule has 3 aliphatic heterocycles. The zero-order valence-corrected chi connectivity index (χ0v) is 28.1. The van der Waals surface area contributed by atoms with Crippen molar-refractivity contribution in [1.29, 1.82) is 0 Å². The van der Waals surface area contributed by atoms with Gasteiger partial charge in [-0.25, -0.2) is 9.59 Å². The van der Waals surface area contributed by atoms with Gasteiger partial charge in [0.05, 0.1) is 32.4 Å². The Hall–Kier alpha value is -3.06. The van der Waals surface area contributed by atoms with Crippen molar-refractivity contribution in [2.75, 3.05) is 33.5 Å². The van der Waals surface area contributed by atoms with Gasteiger partial charge in [0.15, 0.2) is 22.9 Å². The molecule has 1 aliphatic carbocycles. The fourth-order valence-electron chi connectivity index (χ4n) is 6.67. The van der Waals surface area contributed by atoms with E-state index in [1.165, 1.54) is 12.0 Å². The number of carbonyl (C=O) groups is 5. The van der Waals surface area contributed by atoms with Gasteiger partial charge < -0.3 is 34.0 Å². The van der Waals surface area contributed by atoms with Crippen LogP contribution in [-0.2, 0) is 43.0 Å². The lowest BCUT2D eigenvalue weighted by atomic mass is 9.84. The van der Waals surface area contributed by atoms with Crippen LogP contribution < -0.4 is 5.32 Å². The predicted molar refractivity (Wildman–Crippen MR) is 166 cm³/mol. The molecule has 46 heavy (non-hydrogen) atoms. The Morgan fingerprint density at radius 2 is 1.87 bits per heavy atom. The van der Waals surface area contributed by atoms with Gasteiger partial charge in [-0.15, -0.1) is 0 Å². The lowest BCUT2D eigenvalue weighted by molar-refractivity contribution is -0.143. The highest BCUT2D eigenvalue weighted by atomic mass is 16.7. The molecule has 0 bridgehead atoms. The number of esters is 1. The van der Waals surface area contributed by atoms with E-state index in [4.69, 9.17) is 23.8 Å². The lowest BCUT2D eigenvalue weighted by Crippen LogP contribution is -2.57. The summed E-state index contributed by atoms with van der Waals surface area (Å²) in [7, 11) is 1.50. The van der Waals surface area contributed by atoms with Crippen LogP contribution in [0, 0.1) is 17.3 Å². The van der Waals surface area contributed by atoms with Gasteiger partial charge in [0, 0.05) is 39.2 Å². The summed E-state index contributed by atoms with van der Waals surface area (Å²) in [4.78, 5) is 74.5. The Morgan fingerprint density at radius 1 is 1.13 bits per heavy atom. The Kier molecular flexibility index (Phi) is 11.8. The number of alkyl carbamates (subject to hydrolysis) is 1. The molecule has 0 aromatic heterocycles. The number of hydrogen-bond donors (Lipinski definition) is 1. The molecule has 4 aliphatic rings. The van der Waals surface area contributed by atoms with E-state index in [0.717, 1.165) is 19.3 Å². The Balaban J connectivity index is 1.58. The second-order valence-electron chi connectivity index (χ2n) is 14.2. The normalized spacial score (nSPS) is 26.2. The molecule has 258 valence electrons. The molecule has 1 saturated carbocycles. The number of ether oxygens (including phenoxy) is 4. The first kappa shape index (κ1) is 35.8. The summed E-state index contributed by atoms with van der Waals surface area (Å²) in [6.45, 7) is 10.0. The van der Waals surface area contributed by atoms with Crippen molar-refractivity contribution in [2.24, 2.45) is 22.4 Å². The number of nitrogens with one attached hydrogen (secondary N) is 1. The van der Waals surface area contributed by atoms with E-state index in [-0.39, 0.29) is 62.2 Å². The smallest absolute Gasteiger partial charge is 0.408 e. The average molecular weight is 650 g/mol. The fourth-order valence-corrected chi connectivity index (χ4v) is 6.67. The van der Waals surface area contributed by atoms with Crippen molar-refractivity contribution in [3.63, 3.8) is 0 Å². The number of ketones is 2. The van der Waals surface area contributed by atoms with Crippen LogP contribution in [0.3, 0.4) is 0 Å². The lowest BCUT2D eigenvalue weighted by Gasteiger charge is -2.35. The zero-order valence-electron chi connectivity index (χ0n) is 28.1. The van der Waals surface area contributed by atoms with Crippen molar-refractivity contribution >= 4 is 35.2 Å². The van der Waals surface area contributed by atoms with Crippen LogP contribution >= 0.6 is 0 Å². The van der Waals surface area contributed by atoms with Gasteiger partial charge in [-0.2, -0.15) is 0 Å². The maximum Gasteiger partial charge on any atom is 0.408 e. The minimum Gasteiger partial charge on any atom is -0.461 e. The first-order chi connectivity index (χ1) is 21.8. The van der Waals surface area contributed by atoms with Gasteiger partial charge >= 0.3 is 12.1 Å². The molecule has 3 heterocycles. The van der Waals surface area contributed by atoms with Crippen LogP contribution in [0.1, 0.15) is 92.4 Å². The molecule has 0 aromatic rings. The molecule has 3 fully saturated rings. The fraction of sp³-hybridized carbons (Fsp3) is 0.818. The van der Waals surface area contributed by atoms with Crippen LogP contribution in [0.4, 0.5) is 4.79 Å². The van der Waals surface area contributed by atoms with Gasteiger partial charge in [-0.3, -0.25) is 14.4 Å². The zero-order chi connectivity index (χ0) is 33.6. The summed E-state index contributed by atoms with van der Waals surface area (Å²) in [5.74, 6) is -1.30. The van der Waals surface area contributed by atoms with Crippen LogP contribution in [0.25, 0.3) is 0 Å². The molecule has 0 radical (unpaired) electrons. The van der Waals surface area contributed by atoms with Crippen molar-refractivity contribution in [3.8, 4) is 0 Å². The second-order valence-corrected chi connectivity index (χ2v) is 14.2. The number of likely N-dealkylation sites (tertiary alicyclic amines) is 1. The van der Waals surface area contributed by atoms with E-state index < -0.39 is 53.3 Å². The minimum absolute atomic E-state index is 0.00171. The number of methoxy groups -OCH3 is 1. The minimum atomic E-state index is -1.12. The summed E-state index contributed by atoms with van der Waals surface area (Å²) in [6, 6.07) is -1.98. The SMILES string of the molecule is CCC[C@H](CC(=O)[C@@H]1C[C@]2(CC(C(=O)OCC)=NO2)CN1C(=O)[C@@H](NC(=O)O[C@H]1CCOC1)C(C)(C)C)C(OC)C(=O)CC1CC1. The maximum absolute atomic E-state index is 14.4. The van der Waals surface area contributed by atoms with Crippen LogP contribution in [0.5, 0.6) is 0 Å². The number of oxime groups is 1. The Labute approximate surface area is 271 Å². The number of carbonyl (C=O) groups excluding carboxylic acids is 5. The van der Waals surface area contributed by atoms with Crippen LogP contribution in [0.15, 0.2) is 5.16 Å². The van der Waals surface area contributed by atoms with Gasteiger partial charge in [0.25, 0.3) is 0 Å². The Bertz CT molecular complexity index is 1170. The highest BCUT2D eigenvalue weighted by molar-refractivity contribution is 6.36. The van der Waals surface area contributed by atoms with Crippen molar-refractivity contribution in [3.05, 3.63) is 0 Å². The molecule has 13 nitrogen and oxygen atoms in total. The summed E-state index contributed by atoms with van der Waals surface area (Å²) in [5, 5.41) is 6.73. The average Bonchev–Trinajstić information content (AvgIpc) is 3.34. The number of nitrogens with zero attached hydrogens (tertiary/aromatic N) is 2. The first-order valence-corrected chi connectivity index (χ1v) is 16.7. The molecule has 2 saturated heterocycles. The molecular formula is C33H51N3O10. The monoisotopic (exact) mass is 649 g/mol. The largest absolute Gasteiger partial charge is 0.461 e. The highest BCUT2D eigenvalue weighted by Crippen LogP contribution is 2.41. The molecule has 1 spiro atoms. The summed E-state index contributed by atoms with van der Waals surface area (Å²) in [5.41, 5.74) is -1.79. The van der Waals surface area contributed by atoms with Gasteiger partial charge in [-0.1, -0.05) is 39.3 Å². The molecule has 0 aromatic carbocycles.